The molecule has 2 aromatic heterocycles. The Hall–Kier alpha value is -5.74. The molecule has 4 fully saturated rings. The van der Waals surface area contributed by atoms with Crippen molar-refractivity contribution >= 4 is 47.5 Å². The molecule has 4 unspecified atom stereocenters. The monoisotopic (exact) mass is 1050 g/mol. The SMILES string of the molecule is COC(=O)N[C@@H](CCSC)C(=O)N1C2CCCCC2C[C@H]1c1nc(-c2ccc(-c3cc4ccc3CCc3ccc(c(-c5c[nH]c([C@@H]6CC7CCCCC7N6C(=O)[C@H](CCSC)NC(=O)OC)n5)c3)C[C@H]4C)cc2)c[nH]1. The molecule has 4 heterocycles. The first-order valence-corrected chi connectivity index (χ1v) is 30.1. The first-order valence-electron chi connectivity index (χ1n) is 27.3. The molecule has 4 amide bonds. The number of nitrogens with zero attached hydrogens (tertiary/aromatic N) is 4. The molecule has 13 rings (SSSR count). The lowest BCUT2D eigenvalue weighted by atomic mass is 9.84. The van der Waals surface area contributed by atoms with Gasteiger partial charge < -0.3 is 39.9 Å². The summed E-state index contributed by atoms with van der Waals surface area (Å²) in [5.74, 6) is 4.01. The van der Waals surface area contributed by atoms with Gasteiger partial charge in [-0.1, -0.05) is 87.2 Å². The summed E-state index contributed by atoms with van der Waals surface area (Å²) in [6.07, 6.45) is 20.8. The average molecular weight is 1060 g/mol. The molecule has 16 heteroatoms. The second-order valence-electron chi connectivity index (χ2n) is 21.6. The number of aryl methyl sites for hydroxylation is 2. The fraction of sp³-hybridized carbons (Fsp3) is 0.525. The normalized spacial score (nSPS) is 23.9. The number of imidazole rings is 2. The van der Waals surface area contributed by atoms with Crippen LogP contribution in [0, 0.1) is 11.8 Å². The van der Waals surface area contributed by atoms with Crippen molar-refractivity contribution in [2.75, 3.05) is 38.2 Å². The second kappa shape index (κ2) is 23.7. The van der Waals surface area contributed by atoms with Gasteiger partial charge in [-0.15, -0.1) is 0 Å². The number of alkyl carbamates (subject to hydrolysis) is 2. The Morgan fingerprint density at radius 1 is 0.653 bits per heavy atom. The molecular weight excluding hydrogens is 981 g/mol. The van der Waals surface area contributed by atoms with Gasteiger partial charge in [-0.05, 0) is 152 Å². The van der Waals surface area contributed by atoms with Crippen molar-refractivity contribution in [3.63, 3.8) is 0 Å². The molecule has 75 heavy (non-hydrogen) atoms. The van der Waals surface area contributed by atoms with Crippen molar-refractivity contribution < 1.29 is 28.7 Å². The maximum Gasteiger partial charge on any atom is 0.407 e. The second-order valence-corrected chi connectivity index (χ2v) is 23.6. The van der Waals surface area contributed by atoms with Crippen LogP contribution in [0.2, 0.25) is 0 Å². The number of fused-ring (bicyclic) bond motifs is 2. The Kier molecular flexibility index (Phi) is 16.6. The van der Waals surface area contributed by atoms with E-state index in [0.29, 0.717) is 24.7 Å². The lowest BCUT2D eigenvalue weighted by Crippen LogP contribution is -2.52. The van der Waals surface area contributed by atoms with Crippen LogP contribution in [0.4, 0.5) is 9.59 Å². The Morgan fingerprint density at radius 3 is 1.76 bits per heavy atom. The summed E-state index contributed by atoms with van der Waals surface area (Å²) in [7, 11) is 2.68. The lowest BCUT2D eigenvalue weighted by Gasteiger charge is -2.36. The summed E-state index contributed by atoms with van der Waals surface area (Å²) in [4.78, 5) is 75.6. The number of thioether (sulfide) groups is 2. The smallest absolute Gasteiger partial charge is 0.407 e. The maximum absolute atomic E-state index is 14.6. The van der Waals surface area contributed by atoms with Gasteiger partial charge >= 0.3 is 12.2 Å². The molecule has 6 aliphatic carbocycles. The molecule has 2 saturated carbocycles. The fourth-order valence-electron chi connectivity index (χ4n) is 13.2. The quantitative estimate of drug-likeness (QED) is 0.0790. The Morgan fingerprint density at radius 2 is 1.19 bits per heavy atom. The van der Waals surface area contributed by atoms with Gasteiger partial charge in [-0.25, -0.2) is 19.6 Å². The number of H-pyrrole nitrogens is 2. The van der Waals surface area contributed by atoms with Crippen LogP contribution in [-0.4, -0.2) is 116 Å². The third-order valence-corrected chi connectivity index (χ3v) is 18.4. The summed E-state index contributed by atoms with van der Waals surface area (Å²) < 4.78 is 9.90. The molecule has 2 aliphatic heterocycles. The van der Waals surface area contributed by atoms with Crippen molar-refractivity contribution in [1.29, 1.82) is 0 Å². The van der Waals surface area contributed by atoms with Crippen molar-refractivity contribution in [1.82, 2.24) is 40.4 Å². The zero-order valence-electron chi connectivity index (χ0n) is 44.2. The number of amides is 4. The molecule has 3 aromatic carbocycles. The van der Waals surface area contributed by atoms with E-state index in [-0.39, 0.29) is 41.9 Å². The molecule has 14 nitrogen and oxygen atoms in total. The van der Waals surface area contributed by atoms with Crippen molar-refractivity contribution in [2.45, 2.75) is 145 Å². The number of carbonyl (C=O) groups is 4. The predicted molar refractivity (Wildman–Crippen MR) is 298 cm³/mol. The van der Waals surface area contributed by atoms with Crippen LogP contribution in [0.25, 0.3) is 33.6 Å². The highest BCUT2D eigenvalue weighted by Gasteiger charge is 2.49. The van der Waals surface area contributed by atoms with E-state index in [2.05, 4.69) is 93.1 Å². The first kappa shape index (κ1) is 52.7. The summed E-state index contributed by atoms with van der Waals surface area (Å²) in [5, 5.41) is 5.71. The minimum atomic E-state index is -0.664. The molecule has 0 spiro atoms. The molecule has 5 aromatic rings. The zero-order valence-corrected chi connectivity index (χ0v) is 45.8. The van der Waals surface area contributed by atoms with Crippen molar-refractivity contribution in [3.8, 4) is 33.6 Å². The Labute approximate surface area is 450 Å². The third kappa shape index (κ3) is 11.2. The van der Waals surface area contributed by atoms with Crippen LogP contribution in [0.1, 0.15) is 136 Å². The molecule has 2 saturated heterocycles. The van der Waals surface area contributed by atoms with E-state index in [9.17, 15) is 19.2 Å². The van der Waals surface area contributed by atoms with Crippen molar-refractivity contribution in [2.24, 2.45) is 11.8 Å². The summed E-state index contributed by atoms with van der Waals surface area (Å²) >= 11 is 3.32. The summed E-state index contributed by atoms with van der Waals surface area (Å²) in [5.41, 5.74) is 11.3. The van der Waals surface area contributed by atoms with Gasteiger partial charge in [0.05, 0.1) is 37.7 Å². The van der Waals surface area contributed by atoms with Crippen LogP contribution in [-0.2, 0) is 38.3 Å². The predicted octanol–water partition coefficient (Wildman–Crippen LogP) is 11.2. The Bertz CT molecular complexity index is 2830. The highest BCUT2D eigenvalue weighted by molar-refractivity contribution is 7.98. The summed E-state index contributed by atoms with van der Waals surface area (Å²) in [6.45, 7) is 2.31. The molecule has 4 N–H and O–H groups in total. The van der Waals surface area contributed by atoms with E-state index in [0.717, 1.165) is 122 Å². The van der Waals surface area contributed by atoms with Crippen LogP contribution in [0.15, 0.2) is 73.1 Å². The minimum absolute atomic E-state index is 0.0479. The molecule has 4 bridgehead atoms. The van der Waals surface area contributed by atoms with Gasteiger partial charge in [-0.3, -0.25) is 9.59 Å². The number of nitrogens with one attached hydrogen (secondary N) is 4. The van der Waals surface area contributed by atoms with Gasteiger partial charge in [0.1, 0.15) is 23.7 Å². The van der Waals surface area contributed by atoms with Gasteiger partial charge in [0.25, 0.3) is 0 Å². The van der Waals surface area contributed by atoms with Crippen LogP contribution in [0.5, 0.6) is 0 Å². The third-order valence-electron chi connectivity index (χ3n) is 17.1. The summed E-state index contributed by atoms with van der Waals surface area (Å²) in [6, 6.07) is 21.2. The number of ether oxygens (including phenoxy) is 2. The van der Waals surface area contributed by atoms with Gasteiger partial charge in [0, 0.05) is 35.6 Å². The number of hydrogen-bond acceptors (Lipinski definition) is 10. The fourth-order valence-corrected chi connectivity index (χ4v) is 14.2. The number of likely N-dealkylation sites (tertiary alicyclic amines) is 2. The van der Waals surface area contributed by atoms with Crippen LogP contribution >= 0.6 is 23.5 Å². The topological polar surface area (TPSA) is 175 Å². The van der Waals surface area contributed by atoms with Gasteiger partial charge in [0.15, 0.2) is 0 Å². The van der Waals surface area contributed by atoms with E-state index >= 15 is 0 Å². The number of benzene rings is 3. The number of hydrogen-bond donors (Lipinski definition) is 4. The molecular formula is C59H74N8O6S2. The number of methoxy groups -OCH3 is 2. The number of aromatic amines is 2. The van der Waals surface area contributed by atoms with E-state index in [1.807, 2.05) is 29.8 Å². The van der Waals surface area contributed by atoms with Gasteiger partial charge in [-0.2, -0.15) is 23.5 Å². The highest BCUT2D eigenvalue weighted by Crippen LogP contribution is 2.48. The van der Waals surface area contributed by atoms with E-state index < -0.39 is 24.3 Å². The van der Waals surface area contributed by atoms with Crippen LogP contribution in [0.3, 0.4) is 0 Å². The van der Waals surface area contributed by atoms with E-state index in [1.165, 1.54) is 54.9 Å². The van der Waals surface area contributed by atoms with Crippen LogP contribution < -0.4 is 10.6 Å². The Balaban J connectivity index is 0.872. The molecule has 0 radical (unpaired) electrons. The lowest BCUT2D eigenvalue weighted by molar-refractivity contribution is -0.138. The van der Waals surface area contributed by atoms with E-state index in [1.54, 1.807) is 23.5 Å². The highest BCUT2D eigenvalue weighted by atomic mass is 32.2. The van der Waals surface area contributed by atoms with Crippen molar-refractivity contribution in [3.05, 3.63) is 107 Å². The van der Waals surface area contributed by atoms with E-state index in [4.69, 9.17) is 19.4 Å². The molecule has 8 aliphatic rings. The number of carbonyl (C=O) groups excluding carboxylic acids is 4. The maximum atomic E-state index is 14.6. The standard InChI is InChI=1S/C59H74N8O6S2/c1-35-28-41-17-15-36(29-45(41)49-34-61-55(63-49)53-32-43-11-7-9-13-51(43)67(53)57(69)47(25-27-75-5)65-59(71)73-3)14-16-37-20-23-40(35)30-44(37)38-18-21-39(22-19-38)48-33-60-54(62-48)52-31-42-10-6-8-12-50(42)66(52)56(68)46(24-26-74-4)64-58(70)72-2/h15,17-23,29-30,33-35,42-43,46-47,50-53H,6-14,16,24-28,31-32H2,1-5H3,(H,60,62)(H,61,63)(H,64,70)(H,65,71)/t35-,42?,43?,46+,47+,50?,51?,52+,53+/m1/s1. The average Bonchev–Trinajstić information content (AvgIpc) is 4.28. The molecule has 9 atom stereocenters. The first-order chi connectivity index (χ1) is 36.5. The zero-order chi connectivity index (χ0) is 52.2. The minimum Gasteiger partial charge on any atom is -0.453 e. The number of rotatable bonds is 15. The largest absolute Gasteiger partial charge is 0.453 e. The van der Waals surface area contributed by atoms with Gasteiger partial charge in [0.2, 0.25) is 11.8 Å². The molecule has 398 valence electrons. The number of aromatic nitrogens is 4.